The fourth-order valence-electron chi connectivity index (χ4n) is 3.36. The van der Waals surface area contributed by atoms with Crippen molar-refractivity contribution in [3.05, 3.63) is 82.1 Å². The SMILES string of the molecule is Cc1ccc(CN(C)C(=O)CSc2nc3cc4ccccc4cc3c(=O)n2C)cc1. The van der Waals surface area contributed by atoms with E-state index in [2.05, 4.69) is 4.98 Å². The molecule has 4 aromatic rings. The van der Waals surface area contributed by atoms with E-state index in [1.165, 1.54) is 21.9 Å². The fraction of sp³-hybridized carbons (Fsp3) is 0.208. The van der Waals surface area contributed by atoms with Gasteiger partial charge in [0, 0.05) is 20.6 Å². The Hall–Kier alpha value is -3.12. The van der Waals surface area contributed by atoms with E-state index in [-0.39, 0.29) is 17.2 Å². The number of amides is 1. The van der Waals surface area contributed by atoms with Crippen molar-refractivity contribution in [3.63, 3.8) is 0 Å². The third-order valence-electron chi connectivity index (χ3n) is 5.19. The van der Waals surface area contributed by atoms with Gasteiger partial charge < -0.3 is 4.90 Å². The monoisotopic (exact) mass is 417 g/mol. The molecule has 0 N–H and O–H groups in total. The van der Waals surface area contributed by atoms with Gasteiger partial charge in [0.15, 0.2) is 5.16 Å². The molecule has 0 spiro atoms. The van der Waals surface area contributed by atoms with Crippen molar-refractivity contribution in [3.8, 4) is 0 Å². The lowest BCUT2D eigenvalue weighted by atomic mass is 10.1. The summed E-state index contributed by atoms with van der Waals surface area (Å²) in [6.07, 6.45) is 0. The van der Waals surface area contributed by atoms with Crippen molar-refractivity contribution in [1.29, 1.82) is 0 Å². The summed E-state index contributed by atoms with van der Waals surface area (Å²) in [5, 5.41) is 3.18. The van der Waals surface area contributed by atoms with Gasteiger partial charge in [0.05, 0.1) is 16.7 Å². The molecule has 0 radical (unpaired) electrons. The van der Waals surface area contributed by atoms with Gasteiger partial charge in [0.25, 0.3) is 5.56 Å². The van der Waals surface area contributed by atoms with Gasteiger partial charge in [-0.2, -0.15) is 0 Å². The van der Waals surface area contributed by atoms with Crippen LogP contribution < -0.4 is 5.56 Å². The van der Waals surface area contributed by atoms with Gasteiger partial charge in [-0.3, -0.25) is 14.2 Å². The Bertz CT molecular complexity index is 1300. The molecule has 152 valence electrons. The smallest absolute Gasteiger partial charge is 0.261 e. The van der Waals surface area contributed by atoms with Crippen molar-refractivity contribution in [2.75, 3.05) is 12.8 Å². The number of carbonyl (C=O) groups excluding carboxylic acids is 1. The highest BCUT2D eigenvalue weighted by Gasteiger charge is 2.14. The van der Waals surface area contributed by atoms with Gasteiger partial charge in [-0.1, -0.05) is 65.9 Å². The summed E-state index contributed by atoms with van der Waals surface area (Å²) in [4.78, 5) is 31.8. The summed E-state index contributed by atoms with van der Waals surface area (Å²) in [5.74, 6) is 0.218. The van der Waals surface area contributed by atoms with Crippen LogP contribution in [0.2, 0.25) is 0 Å². The number of nitrogens with zero attached hydrogens (tertiary/aromatic N) is 3. The Morgan fingerprint density at radius 2 is 1.73 bits per heavy atom. The molecule has 0 saturated carbocycles. The zero-order chi connectivity index (χ0) is 21.3. The predicted molar refractivity (Wildman–Crippen MR) is 123 cm³/mol. The number of fused-ring (bicyclic) bond motifs is 2. The Morgan fingerprint density at radius 1 is 1.07 bits per heavy atom. The number of hydrogen-bond acceptors (Lipinski definition) is 4. The Labute approximate surface area is 179 Å². The molecular weight excluding hydrogens is 394 g/mol. The number of hydrogen-bond donors (Lipinski definition) is 0. The maximum absolute atomic E-state index is 12.9. The topological polar surface area (TPSA) is 55.2 Å². The lowest BCUT2D eigenvalue weighted by Crippen LogP contribution is -2.28. The first-order valence-electron chi connectivity index (χ1n) is 9.74. The third kappa shape index (κ3) is 4.09. The molecule has 3 aromatic carbocycles. The van der Waals surface area contributed by atoms with E-state index in [9.17, 15) is 9.59 Å². The molecule has 1 heterocycles. The lowest BCUT2D eigenvalue weighted by Gasteiger charge is -2.17. The number of aromatic nitrogens is 2. The summed E-state index contributed by atoms with van der Waals surface area (Å²) in [6, 6.07) is 19.9. The summed E-state index contributed by atoms with van der Waals surface area (Å²) in [7, 11) is 3.49. The second-order valence-corrected chi connectivity index (χ2v) is 8.44. The maximum atomic E-state index is 12.9. The largest absolute Gasteiger partial charge is 0.341 e. The number of thioether (sulfide) groups is 1. The van der Waals surface area contributed by atoms with Crippen LogP contribution in [0.25, 0.3) is 21.7 Å². The molecule has 0 bridgehead atoms. The summed E-state index contributed by atoms with van der Waals surface area (Å²) in [5.41, 5.74) is 2.83. The van der Waals surface area contributed by atoms with Crippen LogP contribution in [0.3, 0.4) is 0 Å². The van der Waals surface area contributed by atoms with Gasteiger partial charge in [-0.05, 0) is 35.4 Å². The van der Waals surface area contributed by atoms with E-state index in [4.69, 9.17) is 0 Å². The minimum Gasteiger partial charge on any atom is -0.341 e. The minimum atomic E-state index is -0.103. The van der Waals surface area contributed by atoms with Crippen molar-refractivity contribution >= 4 is 39.3 Å². The van der Waals surface area contributed by atoms with E-state index in [1.807, 2.05) is 67.6 Å². The molecule has 0 fully saturated rings. The fourth-order valence-corrected chi connectivity index (χ4v) is 4.27. The van der Waals surface area contributed by atoms with E-state index >= 15 is 0 Å². The Balaban J connectivity index is 1.53. The second-order valence-electron chi connectivity index (χ2n) is 7.50. The molecule has 0 aliphatic carbocycles. The van der Waals surface area contributed by atoms with Gasteiger partial charge in [0.2, 0.25) is 5.91 Å². The van der Waals surface area contributed by atoms with E-state index in [0.717, 1.165) is 16.3 Å². The molecule has 0 saturated heterocycles. The summed E-state index contributed by atoms with van der Waals surface area (Å²) < 4.78 is 1.52. The first-order chi connectivity index (χ1) is 14.4. The molecule has 30 heavy (non-hydrogen) atoms. The highest BCUT2D eigenvalue weighted by atomic mass is 32.2. The van der Waals surface area contributed by atoms with Crippen LogP contribution in [0.1, 0.15) is 11.1 Å². The highest BCUT2D eigenvalue weighted by molar-refractivity contribution is 7.99. The van der Waals surface area contributed by atoms with Gasteiger partial charge in [-0.15, -0.1) is 0 Å². The lowest BCUT2D eigenvalue weighted by molar-refractivity contribution is -0.127. The zero-order valence-corrected chi connectivity index (χ0v) is 18.1. The Kier molecular flexibility index (Phi) is 5.59. The minimum absolute atomic E-state index is 0.00608. The molecule has 0 aliphatic heterocycles. The van der Waals surface area contributed by atoms with Crippen molar-refractivity contribution in [2.45, 2.75) is 18.6 Å². The average molecular weight is 418 g/mol. The molecule has 0 unspecified atom stereocenters. The molecule has 1 amide bonds. The standard InChI is InChI=1S/C24H23N3O2S/c1-16-8-10-17(11-9-16)14-26(2)22(28)15-30-24-25-21-13-19-7-5-4-6-18(19)12-20(21)23(29)27(24)3/h4-13H,14-15H2,1-3H3. The van der Waals surface area contributed by atoms with Crippen LogP contribution in [-0.4, -0.2) is 33.2 Å². The molecular formula is C24H23N3O2S. The van der Waals surface area contributed by atoms with Crippen molar-refractivity contribution < 1.29 is 4.79 Å². The molecule has 0 aliphatic rings. The summed E-state index contributed by atoms with van der Waals surface area (Å²) >= 11 is 1.29. The van der Waals surface area contributed by atoms with Gasteiger partial charge >= 0.3 is 0 Å². The highest BCUT2D eigenvalue weighted by Crippen LogP contribution is 2.22. The zero-order valence-electron chi connectivity index (χ0n) is 17.3. The van der Waals surface area contributed by atoms with Crippen LogP contribution in [0.4, 0.5) is 0 Å². The number of rotatable bonds is 5. The van der Waals surface area contributed by atoms with Gasteiger partial charge in [0.1, 0.15) is 0 Å². The van der Waals surface area contributed by atoms with Crippen LogP contribution in [0.5, 0.6) is 0 Å². The van der Waals surface area contributed by atoms with Crippen molar-refractivity contribution in [1.82, 2.24) is 14.5 Å². The van der Waals surface area contributed by atoms with E-state index in [1.54, 1.807) is 19.0 Å². The maximum Gasteiger partial charge on any atom is 0.261 e. The second kappa shape index (κ2) is 8.32. The van der Waals surface area contributed by atoms with Crippen LogP contribution in [-0.2, 0) is 18.4 Å². The molecule has 0 atom stereocenters. The average Bonchev–Trinajstić information content (AvgIpc) is 2.75. The van der Waals surface area contributed by atoms with Crippen LogP contribution in [0.15, 0.2) is 70.6 Å². The quantitative estimate of drug-likeness (QED) is 0.278. The predicted octanol–water partition coefficient (Wildman–Crippen LogP) is 4.15. The molecule has 5 nitrogen and oxygen atoms in total. The van der Waals surface area contributed by atoms with E-state index in [0.29, 0.717) is 22.6 Å². The van der Waals surface area contributed by atoms with Crippen LogP contribution >= 0.6 is 11.8 Å². The Morgan fingerprint density at radius 3 is 2.43 bits per heavy atom. The summed E-state index contributed by atoms with van der Waals surface area (Å²) in [6.45, 7) is 2.59. The number of aryl methyl sites for hydroxylation is 1. The first kappa shape index (κ1) is 20.2. The molecule has 4 rings (SSSR count). The van der Waals surface area contributed by atoms with Crippen molar-refractivity contribution in [2.24, 2.45) is 7.05 Å². The normalized spacial score (nSPS) is 11.2. The number of carbonyl (C=O) groups is 1. The molecule has 6 heteroatoms. The molecule has 1 aromatic heterocycles. The number of benzene rings is 3. The van der Waals surface area contributed by atoms with Gasteiger partial charge in [-0.25, -0.2) is 4.98 Å². The van der Waals surface area contributed by atoms with Crippen LogP contribution in [0, 0.1) is 6.92 Å². The first-order valence-corrected chi connectivity index (χ1v) is 10.7. The third-order valence-corrected chi connectivity index (χ3v) is 6.21. The van der Waals surface area contributed by atoms with E-state index < -0.39 is 0 Å².